The fourth-order valence-corrected chi connectivity index (χ4v) is 3.30. The van der Waals surface area contributed by atoms with E-state index in [0.29, 0.717) is 19.6 Å². The van der Waals surface area contributed by atoms with E-state index in [0.717, 1.165) is 24.2 Å². The summed E-state index contributed by atoms with van der Waals surface area (Å²) in [6.07, 6.45) is 1.38. The number of pyridine rings is 1. The van der Waals surface area contributed by atoms with Crippen molar-refractivity contribution in [3.8, 4) is 0 Å². The van der Waals surface area contributed by atoms with Crippen molar-refractivity contribution in [2.24, 2.45) is 0 Å². The lowest BCUT2D eigenvalue weighted by molar-refractivity contribution is -0.192. The van der Waals surface area contributed by atoms with E-state index in [9.17, 15) is 18.0 Å². The first-order chi connectivity index (χ1) is 16.2. The first kappa shape index (κ1) is 24.9. The van der Waals surface area contributed by atoms with E-state index in [1.54, 1.807) is 12.4 Å². The predicted octanol–water partition coefficient (Wildman–Crippen LogP) is 2.93. The number of rotatable bonds is 6. The quantitative estimate of drug-likeness (QED) is 0.567. The Hall–Kier alpha value is -3.73. The number of carboxylic acid groups (broad SMARTS) is 1. The highest BCUT2D eigenvalue weighted by atomic mass is 19.4. The minimum Gasteiger partial charge on any atom is -0.475 e. The molecule has 0 aliphatic carbocycles. The third-order valence-electron chi connectivity index (χ3n) is 4.87. The average molecular weight is 476 g/mol. The third kappa shape index (κ3) is 7.41. The maximum atomic E-state index is 12.2. The molecular weight excluding hydrogens is 453 g/mol. The molecule has 1 aromatic carbocycles. The lowest BCUT2D eigenvalue weighted by atomic mass is 10.1. The zero-order valence-electron chi connectivity index (χ0n) is 18.0. The molecule has 0 saturated heterocycles. The van der Waals surface area contributed by atoms with Crippen LogP contribution < -0.4 is 5.32 Å². The average Bonchev–Trinajstić information content (AvgIpc) is 3.22. The molecule has 2 N–H and O–H groups in total. The van der Waals surface area contributed by atoms with Crippen LogP contribution in [0.3, 0.4) is 0 Å². The third-order valence-corrected chi connectivity index (χ3v) is 4.87. The van der Waals surface area contributed by atoms with Crippen LogP contribution in [0.4, 0.5) is 13.2 Å². The largest absolute Gasteiger partial charge is 0.490 e. The first-order valence-electron chi connectivity index (χ1n) is 10.4. The zero-order chi connectivity index (χ0) is 24.6. The molecule has 8 nitrogen and oxygen atoms in total. The highest BCUT2D eigenvalue weighted by Gasteiger charge is 2.38. The van der Waals surface area contributed by atoms with Gasteiger partial charge in [-0.3, -0.25) is 14.5 Å². The van der Waals surface area contributed by atoms with Gasteiger partial charge in [0.15, 0.2) is 0 Å². The summed E-state index contributed by atoms with van der Waals surface area (Å²) in [5.41, 5.74) is 4.23. The number of benzene rings is 1. The number of nitrogens with zero attached hydrogens (tertiary/aromatic N) is 3. The number of carboxylic acids is 1. The summed E-state index contributed by atoms with van der Waals surface area (Å²) in [4.78, 5) is 25.1. The van der Waals surface area contributed by atoms with E-state index in [2.05, 4.69) is 28.6 Å². The van der Waals surface area contributed by atoms with Gasteiger partial charge < -0.3 is 15.2 Å². The summed E-state index contributed by atoms with van der Waals surface area (Å²) < 4.78 is 39.6. The molecule has 1 atom stereocenters. The lowest BCUT2D eigenvalue weighted by Crippen LogP contribution is -2.32. The van der Waals surface area contributed by atoms with Crippen molar-refractivity contribution < 1.29 is 32.6 Å². The molecule has 180 valence electrons. The van der Waals surface area contributed by atoms with Gasteiger partial charge in [-0.2, -0.15) is 18.3 Å². The molecule has 11 heteroatoms. The van der Waals surface area contributed by atoms with Gasteiger partial charge in [-0.1, -0.05) is 36.4 Å². The molecule has 3 aromatic rings. The van der Waals surface area contributed by atoms with Gasteiger partial charge in [0, 0.05) is 25.1 Å². The Labute approximate surface area is 193 Å². The van der Waals surface area contributed by atoms with Crippen molar-refractivity contribution in [1.82, 2.24) is 20.1 Å². The van der Waals surface area contributed by atoms with E-state index < -0.39 is 12.1 Å². The van der Waals surface area contributed by atoms with Gasteiger partial charge in [-0.15, -0.1) is 0 Å². The molecule has 2 aromatic heterocycles. The Morgan fingerprint density at radius 3 is 2.50 bits per heavy atom. The SMILES string of the molecule is O=C(Cc1cccnc1)NCC1OCCc2cn(Cc3ccccc3)nc21.O=C(O)C(F)(F)F. The number of aromatic nitrogens is 3. The number of hydrogen-bond acceptors (Lipinski definition) is 5. The number of carbonyl (C=O) groups is 2. The number of alkyl halides is 3. The minimum absolute atomic E-state index is 0.0394. The molecule has 1 aliphatic heterocycles. The molecule has 3 heterocycles. The van der Waals surface area contributed by atoms with Crippen molar-refractivity contribution in [2.45, 2.75) is 31.7 Å². The molecule has 1 unspecified atom stereocenters. The smallest absolute Gasteiger partial charge is 0.475 e. The van der Waals surface area contributed by atoms with Crippen molar-refractivity contribution in [1.29, 1.82) is 0 Å². The van der Waals surface area contributed by atoms with Crippen LogP contribution in [0.1, 0.15) is 28.5 Å². The van der Waals surface area contributed by atoms with E-state index in [1.165, 1.54) is 11.1 Å². The second kappa shape index (κ2) is 11.4. The summed E-state index contributed by atoms with van der Waals surface area (Å²) in [5, 5.41) is 14.8. The monoisotopic (exact) mass is 476 g/mol. The summed E-state index contributed by atoms with van der Waals surface area (Å²) in [6.45, 7) is 1.80. The van der Waals surface area contributed by atoms with E-state index in [-0.39, 0.29) is 12.0 Å². The van der Waals surface area contributed by atoms with Crippen LogP contribution in [0, 0.1) is 0 Å². The summed E-state index contributed by atoms with van der Waals surface area (Å²) in [7, 11) is 0. The Morgan fingerprint density at radius 2 is 1.85 bits per heavy atom. The molecule has 0 spiro atoms. The van der Waals surface area contributed by atoms with Crippen LogP contribution in [0.2, 0.25) is 0 Å². The van der Waals surface area contributed by atoms with Gasteiger partial charge in [-0.25, -0.2) is 4.79 Å². The zero-order valence-corrected chi connectivity index (χ0v) is 18.0. The molecule has 0 saturated carbocycles. The van der Waals surface area contributed by atoms with Gasteiger partial charge in [0.05, 0.1) is 25.3 Å². The van der Waals surface area contributed by atoms with Gasteiger partial charge in [-0.05, 0) is 29.2 Å². The number of carbonyl (C=O) groups excluding carboxylic acids is 1. The standard InChI is InChI=1S/C21H22N4O2.C2HF3O2/c26-20(11-17-7-4-9-22-12-17)23-13-19-21-18(8-10-27-19)15-25(24-21)14-16-5-2-1-3-6-16;3-2(4,5)1(6)7/h1-7,9,12,15,19H,8,10-11,13-14H2,(H,23,26);(H,6,7). The molecule has 0 bridgehead atoms. The molecular formula is C23H23F3N4O4. The predicted molar refractivity (Wildman–Crippen MR) is 115 cm³/mol. The summed E-state index contributed by atoms with van der Waals surface area (Å²) in [5.74, 6) is -2.80. The summed E-state index contributed by atoms with van der Waals surface area (Å²) >= 11 is 0. The van der Waals surface area contributed by atoms with Crippen LogP contribution in [0.25, 0.3) is 0 Å². The maximum absolute atomic E-state index is 12.2. The highest BCUT2D eigenvalue weighted by Crippen LogP contribution is 2.25. The summed E-state index contributed by atoms with van der Waals surface area (Å²) in [6, 6.07) is 14.0. The second-order valence-corrected chi connectivity index (χ2v) is 7.48. The number of nitrogens with one attached hydrogen (secondary N) is 1. The van der Waals surface area contributed by atoms with Crippen molar-refractivity contribution in [3.63, 3.8) is 0 Å². The Bertz CT molecular complexity index is 1090. The Morgan fingerprint density at radius 1 is 1.15 bits per heavy atom. The Balaban J connectivity index is 0.000000406. The first-order valence-corrected chi connectivity index (χ1v) is 10.4. The molecule has 1 aliphatic rings. The van der Waals surface area contributed by atoms with Gasteiger partial charge >= 0.3 is 12.1 Å². The molecule has 4 rings (SSSR count). The van der Waals surface area contributed by atoms with E-state index >= 15 is 0 Å². The number of halogens is 3. The van der Waals surface area contributed by atoms with Gasteiger partial charge in [0.2, 0.25) is 5.91 Å². The number of hydrogen-bond donors (Lipinski definition) is 2. The van der Waals surface area contributed by atoms with Crippen LogP contribution in [-0.2, 0) is 33.7 Å². The van der Waals surface area contributed by atoms with Gasteiger partial charge in [0.1, 0.15) is 6.10 Å². The van der Waals surface area contributed by atoms with Crippen molar-refractivity contribution >= 4 is 11.9 Å². The molecule has 0 radical (unpaired) electrons. The van der Waals surface area contributed by atoms with Crippen molar-refractivity contribution in [2.75, 3.05) is 13.2 Å². The van der Waals surface area contributed by atoms with Crippen LogP contribution >= 0.6 is 0 Å². The topological polar surface area (TPSA) is 106 Å². The van der Waals surface area contributed by atoms with E-state index in [4.69, 9.17) is 19.7 Å². The fraction of sp³-hybridized carbons (Fsp3) is 0.304. The molecule has 0 fully saturated rings. The number of amides is 1. The van der Waals surface area contributed by atoms with Crippen LogP contribution in [0.5, 0.6) is 0 Å². The normalized spacial score (nSPS) is 15.0. The number of fused-ring (bicyclic) bond motifs is 1. The molecule has 34 heavy (non-hydrogen) atoms. The highest BCUT2D eigenvalue weighted by molar-refractivity contribution is 5.78. The number of ether oxygens (including phenoxy) is 1. The second-order valence-electron chi connectivity index (χ2n) is 7.48. The van der Waals surface area contributed by atoms with E-state index in [1.807, 2.05) is 35.0 Å². The fourth-order valence-electron chi connectivity index (χ4n) is 3.30. The van der Waals surface area contributed by atoms with Gasteiger partial charge in [0.25, 0.3) is 0 Å². The lowest BCUT2D eigenvalue weighted by Gasteiger charge is -2.22. The maximum Gasteiger partial charge on any atom is 0.490 e. The Kier molecular flexibility index (Phi) is 8.36. The molecule has 1 amide bonds. The number of aliphatic carboxylic acids is 1. The minimum atomic E-state index is -5.08. The van der Waals surface area contributed by atoms with Crippen LogP contribution in [-0.4, -0.2) is 51.1 Å². The van der Waals surface area contributed by atoms with Crippen molar-refractivity contribution in [3.05, 3.63) is 83.4 Å². The van der Waals surface area contributed by atoms with Crippen LogP contribution in [0.15, 0.2) is 61.1 Å².